The molecule has 2 aliphatic rings. The molecular weight excluding hydrogens is 298 g/mol. The number of hydrogen-bond acceptors (Lipinski definition) is 3. The summed E-state index contributed by atoms with van der Waals surface area (Å²) in [7, 11) is 0. The fourth-order valence-corrected chi connectivity index (χ4v) is 4.08. The molecule has 2 saturated heterocycles. The second kappa shape index (κ2) is 6.36. The van der Waals surface area contributed by atoms with Crippen molar-refractivity contribution >= 4 is 5.91 Å². The third-order valence-corrected chi connectivity index (χ3v) is 5.42. The van der Waals surface area contributed by atoms with Crippen molar-refractivity contribution in [2.24, 2.45) is 0 Å². The van der Waals surface area contributed by atoms with Gasteiger partial charge in [-0.25, -0.2) is 0 Å². The Labute approximate surface area is 143 Å². The van der Waals surface area contributed by atoms with Crippen LogP contribution in [0, 0.1) is 6.92 Å². The minimum absolute atomic E-state index is 0.291. The Hall–Kier alpha value is -2.20. The van der Waals surface area contributed by atoms with Crippen LogP contribution in [0.3, 0.4) is 0 Å². The molecule has 3 heterocycles. The number of carbonyl (C=O) groups is 1. The standard InChI is InChI=1S/C20H23N3O/c1-15-6-2-3-7-16(15)13-23-18-9-11-22(19(18)12-20(23)24)14-17-8-4-5-10-21-17/h2-8,10,18-19H,9,11-14H2,1H3/t18-,19-/m0/s1. The van der Waals surface area contributed by atoms with Crippen molar-refractivity contribution < 1.29 is 4.79 Å². The Bertz CT molecular complexity index is 731. The van der Waals surface area contributed by atoms with Gasteiger partial charge in [-0.3, -0.25) is 14.7 Å². The number of amides is 1. The molecule has 0 aliphatic carbocycles. The van der Waals surface area contributed by atoms with Gasteiger partial charge < -0.3 is 4.90 Å². The minimum Gasteiger partial charge on any atom is -0.334 e. The van der Waals surface area contributed by atoms with E-state index in [4.69, 9.17) is 0 Å². The number of likely N-dealkylation sites (tertiary alicyclic amines) is 2. The number of hydrogen-bond donors (Lipinski definition) is 0. The highest BCUT2D eigenvalue weighted by Crippen LogP contribution is 2.34. The molecule has 2 aromatic rings. The van der Waals surface area contributed by atoms with E-state index in [-0.39, 0.29) is 0 Å². The lowest BCUT2D eigenvalue weighted by Gasteiger charge is -2.26. The number of pyridine rings is 1. The molecule has 0 radical (unpaired) electrons. The normalized spacial score (nSPS) is 23.7. The fourth-order valence-electron chi connectivity index (χ4n) is 4.08. The average Bonchev–Trinajstić information content (AvgIpc) is 3.11. The van der Waals surface area contributed by atoms with Crippen LogP contribution >= 0.6 is 0 Å². The third kappa shape index (κ3) is 2.82. The van der Waals surface area contributed by atoms with Crippen molar-refractivity contribution in [2.45, 2.75) is 44.9 Å². The highest BCUT2D eigenvalue weighted by Gasteiger charge is 2.46. The molecule has 1 aromatic carbocycles. The summed E-state index contributed by atoms with van der Waals surface area (Å²) in [6, 6.07) is 15.1. The van der Waals surface area contributed by atoms with Crippen LogP contribution in [0.2, 0.25) is 0 Å². The lowest BCUT2D eigenvalue weighted by molar-refractivity contribution is -0.129. The molecular formula is C20H23N3O. The maximum absolute atomic E-state index is 12.6. The van der Waals surface area contributed by atoms with E-state index >= 15 is 0 Å². The molecule has 1 amide bonds. The van der Waals surface area contributed by atoms with E-state index in [2.05, 4.69) is 52.0 Å². The molecule has 2 aliphatic heterocycles. The van der Waals surface area contributed by atoms with Crippen molar-refractivity contribution in [3.63, 3.8) is 0 Å². The summed E-state index contributed by atoms with van der Waals surface area (Å²) < 4.78 is 0. The molecule has 4 nitrogen and oxygen atoms in total. The topological polar surface area (TPSA) is 36.4 Å². The van der Waals surface area contributed by atoms with E-state index in [1.54, 1.807) is 0 Å². The van der Waals surface area contributed by atoms with Gasteiger partial charge in [0.15, 0.2) is 0 Å². The number of benzene rings is 1. The predicted octanol–water partition coefficient (Wildman–Crippen LogP) is 2.77. The lowest BCUT2D eigenvalue weighted by atomic mass is 10.1. The van der Waals surface area contributed by atoms with Crippen LogP contribution in [0.1, 0.15) is 29.7 Å². The first-order valence-electron chi connectivity index (χ1n) is 8.70. The molecule has 124 valence electrons. The van der Waals surface area contributed by atoms with Gasteiger partial charge in [0.25, 0.3) is 0 Å². The second-order valence-corrected chi connectivity index (χ2v) is 6.87. The van der Waals surface area contributed by atoms with Gasteiger partial charge in [-0.1, -0.05) is 30.3 Å². The van der Waals surface area contributed by atoms with Gasteiger partial charge in [-0.2, -0.15) is 0 Å². The summed E-state index contributed by atoms with van der Waals surface area (Å²) in [5.74, 6) is 0.291. The second-order valence-electron chi connectivity index (χ2n) is 6.87. The minimum atomic E-state index is 0.291. The molecule has 24 heavy (non-hydrogen) atoms. The van der Waals surface area contributed by atoms with Crippen molar-refractivity contribution in [1.29, 1.82) is 0 Å². The SMILES string of the molecule is Cc1ccccc1CN1C(=O)C[C@H]2[C@@H]1CCN2Cc1ccccn1. The summed E-state index contributed by atoms with van der Waals surface area (Å²) in [5, 5.41) is 0. The fraction of sp³-hybridized carbons (Fsp3) is 0.400. The summed E-state index contributed by atoms with van der Waals surface area (Å²) in [6.07, 6.45) is 3.55. The Kier molecular flexibility index (Phi) is 4.07. The zero-order valence-corrected chi connectivity index (χ0v) is 14.1. The quantitative estimate of drug-likeness (QED) is 0.869. The van der Waals surface area contributed by atoms with Crippen LogP contribution in [-0.2, 0) is 17.9 Å². The molecule has 0 spiro atoms. The maximum Gasteiger partial charge on any atom is 0.224 e. The molecule has 4 rings (SSSR count). The third-order valence-electron chi connectivity index (χ3n) is 5.42. The van der Waals surface area contributed by atoms with Crippen LogP contribution in [0.4, 0.5) is 0 Å². The predicted molar refractivity (Wildman–Crippen MR) is 93.2 cm³/mol. The number of rotatable bonds is 4. The van der Waals surface area contributed by atoms with E-state index < -0.39 is 0 Å². The number of aryl methyl sites for hydroxylation is 1. The average molecular weight is 321 g/mol. The van der Waals surface area contributed by atoms with Gasteiger partial charge in [0, 0.05) is 44.3 Å². The van der Waals surface area contributed by atoms with Gasteiger partial charge in [-0.15, -0.1) is 0 Å². The summed E-state index contributed by atoms with van der Waals surface area (Å²) in [6.45, 7) is 4.75. The smallest absolute Gasteiger partial charge is 0.224 e. The highest BCUT2D eigenvalue weighted by molar-refractivity contribution is 5.80. The zero-order chi connectivity index (χ0) is 16.5. The van der Waals surface area contributed by atoms with Gasteiger partial charge in [0.05, 0.1) is 5.69 Å². The highest BCUT2D eigenvalue weighted by atomic mass is 16.2. The van der Waals surface area contributed by atoms with E-state index in [1.165, 1.54) is 11.1 Å². The first-order valence-corrected chi connectivity index (χ1v) is 8.70. The van der Waals surface area contributed by atoms with Gasteiger partial charge in [0.2, 0.25) is 5.91 Å². The van der Waals surface area contributed by atoms with E-state index in [9.17, 15) is 4.79 Å². The number of aromatic nitrogens is 1. The van der Waals surface area contributed by atoms with Gasteiger partial charge in [-0.05, 0) is 36.6 Å². The van der Waals surface area contributed by atoms with Crippen LogP contribution < -0.4 is 0 Å². The molecule has 0 N–H and O–H groups in total. The number of nitrogens with zero attached hydrogens (tertiary/aromatic N) is 3. The van der Waals surface area contributed by atoms with Crippen LogP contribution in [0.25, 0.3) is 0 Å². The lowest BCUT2D eigenvalue weighted by Crippen LogP contribution is -2.36. The maximum atomic E-state index is 12.6. The Morgan fingerprint density at radius 1 is 1.08 bits per heavy atom. The molecule has 4 heteroatoms. The first-order chi connectivity index (χ1) is 11.7. The van der Waals surface area contributed by atoms with Crippen LogP contribution in [-0.4, -0.2) is 39.3 Å². The van der Waals surface area contributed by atoms with Crippen LogP contribution in [0.15, 0.2) is 48.7 Å². The van der Waals surface area contributed by atoms with E-state index in [1.807, 2.05) is 18.3 Å². The van der Waals surface area contributed by atoms with Crippen LogP contribution in [0.5, 0.6) is 0 Å². The Balaban J connectivity index is 1.48. The van der Waals surface area contributed by atoms with Gasteiger partial charge >= 0.3 is 0 Å². The zero-order valence-electron chi connectivity index (χ0n) is 14.1. The number of fused-ring (bicyclic) bond motifs is 1. The van der Waals surface area contributed by atoms with E-state index in [0.29, 0.717) is 24.4 Å². The molecule has 0 saturated carbocycles. The summed E-state index contributed by atoms with van der Waals surface area (Å²) in [5.41, 5.74) is 3.61. The number of carbonyl (C=O) groups excluding carboxylic acids is 1. The summed E-state index contributed by atoms with van der Waals surface area (Å²) in [4.78, 5) is 21.6. The molecule has 0 bridgehead atoms. The molecule has 0 unspecified atom stereocenters. The van der Waals surface area contributed by atoms with Crippen molar-refractivity contribution in [2.75, 3.05) is 6.54 Å². The Morgan fingerprint density at radius 3 is 2.71 bits per heavy atom. The molecule has 2 fully saturated rings. The summed E-state index contributed by atoms with van der Waals surface area (Å²) >= 11 is 0. The van der Waals surface area contributed by atoms with Crippen molar-refractivity contribution in [3.8, 4) is 0 Å². The van der Waals surface area contributed by atoms with Gasteiger partial charge in [0.1, 0.15) is 0 Å². The molecule has 1 aromatic heterocycles. The Morgan fingerprint density at radius 2 is 1.92 bits per heavy atom. The van der Waals surface area contributed by atoms with Crippen molar-refractivity contribution in [1.82, 2.24) is 14.8 Å². The molecule has 2 atom stereocenters. The monoisotopic (exact) mass is 321 g/mol. The van der Waals surface area contributed by atoms with Crippen molar-refractivity contribution in [3.05, 3.63) is 65.5 Å². The largest absolute Gasteiger partial charge is 0.334 e. The van der Waals surface area contributed by atoms with E-state index in [0.717, 1.165) is 31.7 Å². The first kappa shape index (κ1) is 15.3.